The number of nitrogens with zero attached hydrogens (tertiary/aromatic N) is 2. The van der Waals surface area contributed by atoms with Gasteiger partial charge >= 0.3 is 0 Å². The van der Waals surface area contributed by atoms with E-state index < -0.39 is 0 Å². The lowest BCUT2D eigenvalue weighted by atomic mass is 10.3. The van der Waals surface area contributed by atoms with Crippen LogP contribution in [0.4, 0.5) is 5.82 Å². The molecule has 2 heterocycles. The van der Waals surface area contributed by atoms with Gasteiger partial charge < -0.3 is 10.6 Å². The third-order valence-corrected chi connectivity index (χ3v) is 2.58. The molecule has 2 rings (SSSR count). The van der Waals surface area contributed by atoms with Gasteiger partial charge in [-0.05, 0) is 48.5 Å². The first kappa shape index (κ1) is 12.4. The van der Waals surface area contributed by atoms with E-state index in [9.17, 15) is 0 Å². The zero-order valence-electron chi connectivity index (χ0n) is 10.1. The summed E-state index contributed by atoms with van der Waals surface area (Å²) in [4.78, 5) is 8.23. The summed E-state index contributed by atoms with van der Waals surface area (Å²) in [5.74, 6) is 0.749. The maximum Gasteiger partial charge on any atom is 0.172 e. The van der Waals surface area contributed by atoms with Crippen LogP contribution in [0.15, 0.2) is 42.9 Å². The van der Waals surface area contributed by atoms with Gasteiger partial charge in [-0.3, -0.25) is 4.98 Å². The van der Waals surface area contributed by atoms with Crippen LogP contribution in [0, 0.1) is 6.92 Å². The Labute approximate surface area is 111 Å². The first-order valence-corrected chi connectivity index (χ1v) is 6.01. The number of nitrogens with one attached hydrogen (secondary N) is 2. The summed E-state index contributed by atoms with van der Waals surface area (Å²) in [5.41, 5.74) is 2.22. The lowest BCUT2D eigenvalue weighted by molar-refractivity contribution is 0.916. The van der Waals surface area contributed by atoms with Crippen molar-refractivity contribution >= 4 is 23.1 Å². The van der Waals surface area contributed by atoms with E-state index in [2.05, 4.69) is 20.6 Å². The molecule has 0 radical (unpaired) electrons. The summed E-state index contributed by atoms with van der Waals surface area (Å²) in [6.45, 7) is 2.66. The zero-order chi connectivity index (χ0) is 12.8. The molecule has 0 aliphatic heterocycles. The molecule has 0 spiro atoms. The Morgan fingerprint density at radius 1 is 1.33 bits per heavy atom. The second-order valence-electron chi connectivity index (χ2n) is 3.89. The lowest BCUT2D eigenvalue weighted by Gasteiger charge is -2.09. The molecule has 18 heavy (non-hydrogen) atoms. The van der Waals surface area contributed by atoms with E-state index in [1.807, 2.05) is 31.2 Å². The normalized spacial score (nSPS) is 9.83. The van der Waals surface area contributed by atoms with E-state index in [0.29, 0.717) is 11.7 Å². The summed E-state index contributed by atoms with van der Waals surface area (Å²) < 4.78 is 0. The molecular formula is C13H14N4S. The number of aryl methyl sites for hydroxylation is 1. The van der Waals surface area contributed by atoms with Gasteiger partial charge in [0.05, 0.1) is 0 Å². The number of thiocarbonyl (C=S) groups is 1. The van der Waals surface area contributed by atoms with Gasteiger partial charge in [0, 0.05) is 25.1 Å². The smallest absolute Gasteiger partial charge is 0.172 e. The minimum absolute atomic E-state index is 0.553. The van der Waals surface area contributed by atoms with Crippen molar-refractivity contribution in [3.05, 3.63) is 54.0 Å². The fourth-order valence-electron chi connectivity index (χ4n) is 1.45. The third kappa shape index (κ3) is 3.78. The fraction of sp³-hybridized carbons (Fsp3) is 0.154. The monoisotopic (exact) mass is 258 g/mol. The van der Waals surface area contributed by atoms with Crippen molar-refractivity contribution in [2.24, 2.45) is 0 Å². The van der Waals surface area contributed by atoms with E-state index in [4.69, 9.17) is 12.2 Å². The second-order valence-corrected chi connectivity index (χ2v) is 4.30. The van der Waals surface area contributed by atoms with Crippen LogP contribution in [-0.4, -0.2) is 15.1 Å². The van der Waals surface area contributed by atoms with Crippen molar-refractivity contribution < 1.29 is 0 Å². The average molecular weight is 258 g/mol. The Morgan fingerprint density at radius 2 is 2.22 bits per heavy atom. The van der Waals surface area contributed by atoms with Crippen LogP contribution in [0.3, 0.4) is 0 Å². The average Bonchev–Trinajstić information content (AvgIpc) is 2.38. The number of rotatable bonds is 3. The Balaban J connectivity index is 1.86. The summed E-state index contributed by atoms with van der Waals surface area (Å²) in [7, 11) is 0. The molecule has 0 aliphatic carbocycles. The van der Waals surface area contributed by atoms with Crippen molar-refractivity contribution in [1.29, 1.82) is 0 Å². The summed E-state index contributed by atoms with van der Waals surface area (Å²) in [6.07, 6.45) is 5.30. The van der Waals surface area contributed by atoms with Crippen LogP contribution in [0.1, 0.15) is 11.1 Å². The minimum atomic E-state index is 0.553. The van der Waals surface area contributed by atoms with Crippen molar-refractivity contribution in [2.45, 2.75) is 13.5 Å². The predicted molar refractivity (Wildman–Crippen MR) is 76.3 cm³/mol. The van der Waals surface area contributed by atoms with E-state index in [0.717, 1.165) is 16.9 Å². The number of pyridine rings is 2. The molecule has 0 bridgehead atoms. The van der Waals surface area contributed by atoms with Gasteiger partial charge in [0.2, 0.25) is 0 Å². The number of anilines is 1. The zero-order valence-corrected chi connectivity index (χ0v) is 10.9. The molecule has 0 aliphatic rings. The molecule has 0 amide bonds. The second kappa shape index (κ2) is 6.07. The highest BCUT2D eigenvalue weighted by Crippen LogP contribution is 2.05. The number of hydrogen-bond acceptors (Lipinski definition) is 3. The maximum absolute atomic E-state index is 5.20. The standard InChI is InChI=1S/C13H14N4S/c1-10-4-6-15-12(7-10)17-13(18)16-9-11-3-2-5-14-8-11/h2-8H,9H2,1H3,(H2,15,16,17,18). The molecular weight excluding hydrogens is 244 g/mol. The molecule has 0 atom stereocenters. The van der Waals surface area contributed by atoms with Gasteiger partial charge in [0.25, 0.3) is 0 Å². The first-order valence-electron chi connectivity index (χ1n) is 5.60. The first-order chi connectivity index (χ1) is 8.74. The number of aromatic nitrogens is 2. The van der Waals surface area contributed by atoms with E-state index in [-0.39, 0.29) is 0 Å². The summed E-state index contributed by atoms with van der Waals surface area (Å²) in [5, 5.41) is 6.70. The molecule has 0 saturated carbocycles. The van der Waals surface area contributed by atoms with Crippen molar-refractivity contribution in [3.8, 4) is 0 Å². The third-order valence-electron chi connectivity index (χ3n) is 2.33. The topological polar surface area (TPSA) is 49.8 Å². The molecule has 4 nitrogen and oxygen atoms in total. The maximum atomic E-state index is 5.20. The highest BCUT2D eigenvalue weighted by atomic mass is 32.1. The molecule has 0 fully saturated rings. The van der Waals surface area contributed by atoms with Gasteiger partial charge in [-0.15, -0.1) is 0 Å². The Bertz CT molecular complexity index is 528. The summed E-state index contributed by atoms with van der Waals surface area (Å²) in [6, 6.07) is 7.78. The molecule has 0 saturated heterocycles. The van der Waals surface area contributed by atoms with Crippen LogP contribution >= 0.6 is 12.2 Å². The molecule has 5 heteroatoms. The van der Waals surface area contributed by atoms with Crippen molar-refractivity contribution in [2.75, 3.05) is 5.32 Å². The van der Waals surface area contributed by atoms with E-state index in [1.165, 1.54) is 0 Å². The van der Waals surface area contributed by atoms with Gasteiger partial charge in [0.1, 0.15) is 5.82 Å². The largest absolute Gasteiger partial charge is 0.358 e. The van der Waals surface area contributed by atoms with Crippen molar-refractivity contribution in [1.82, 2.24) is 15.3 Å². The van der Waals surface area contributed by atoms with E-state index >= 15 is 0 Å². The predicted octanol–water partition coefficient (Wildman–Crippen LogP) is 2.27. The molecule has 2 N–H and O–H groups in total. The highest BCUT2D eigenvalue weighted by Gasteiger charge is 1.99. The molecule has 0 unspecified atom stereocenters. The van der Waals surface area contributed by atoms with Gasteiger partial charge in [0.15, 0.2) is 5.11 Å². The Kier molecular flexibility index (Phi) is 4.20. The van der Waals surface area contributed by atoms with Crippen LogP contribution < -0.4 is 10.6 Å². The fourth-order valence-corrected chi connectivity index (χ4v) is 1.63. The highest BCUT2D eigenvalue weighted by molar-refractivity contribution is 7.80. The minimum Gasteiger partial charge on any atom is -0.358 e. The van der Waals surface area contributed by atoms with Crippen LogP contribution in [0.25, 0.3) is 0 Å². The van der Waals surface area contributed by atoms with Crippen LogP contribution in [-0.2, 0) is 6.54 Å². The van der Waals surface area contributed by atoms with Gasteiger partial charge in [-0.1, -0.05) is 6.07 Å². The van der Waals surface area contributed by atoms with Gasteiger partial charge in [-0.25, -0.2) is 4.98 Å². The van der Waals surface area contributed by atoms with Crippen molar-refractivity contribution in [3.63, 3.8) is 0 Å². The Hall–Kier alpha value is -2.01. The van der Waals surface area contributed by atoms with E-state index in [1.54, 1.807) is 18.6 Å². The van der Waals surface area contributed by atoms with Crippen LogP contribution in [0.2, 0.25) is 0 Å². The lowest BCUT2D eigenvalue weighted by Crippen LogP contribution is -2.28. The molecule has 2 aromatic heterocycles. The SMILES string of the molecule is Cc1ccnc(NC(=S)NCc2cccnc2)c1. The molecule has 2 aromatic rings. The van der Waals surface area contributed by atoms with Gasteiger partial charge in [-0.2, -0.15) is 0 Å². The Morgan fingerprint density at radius 3 is 2.94 bits per heavy atom. The molecule has 0 aromatic carbocycles. The molecule has 92 valence electrons. The van der Waals surface area contributed by atoms with Crippen LogP contribution in [0.5, 0.6) is 0 Å². The number of hydrogen-bond donors (Lipinski definition) is 2. The summed E-state index contributed by atoms with van der Waals surface area (Å²) >= 11 is 5.20. The quantitative estimate of drug-likeness (QED) is 0.827.